The number of aliphatic hydroxyl groups excluding tert-OH is 1. The number of nitrogens with zero attached hydrogens (tertiary/aromatic N) is 1. The van der Waals surface area contributed by atoms with Crippen molar-refractivity contribution >= 4 is 11.8 Å². The Morgan fingerprint density at radius 2 is 2.04 bits per heavy atom. The average molecular weight is 344 g/mol. The standard InChI is InChI=1S/C20H28N2O3/c1-14-5-7-15(8-6-14)12-22-13-17(10-19(22)24)20(25)21-11-16-3-2-4-18(23)9-16/h5-8,16-18,23H,2-4,9-13H2,1H3,(H,21,25). The summed E-state index contributed by atoms with van der Waals surface area (Å²) in [6.45, 7) is 3.71. The van der Waals surface area contributed by atoms with Gasteiger partial charge in [-0.25, -0.2) is 0 Å². The van der Waals surface area contributed by atoms with Crippen molar-refractivity contribution in [1.29, 1.82) is 0 Å². The van der Waals surface area contributed by atoms with Gasteiger partial charge in [-0.3, -0.25) is 9.59 Å². The van der Waals surface area contributed by atoms with Crippen molar-refractivity contribution in [3.63, 3.8) is 0 Å². The van der Waals surface area contributed by atoms with Gasteiger partial charge in [0.1, 0.15) is 0 Å². The molecule has 1 aliphatic heterocycles. The SMILES string of the molecule is Cc1ccc(CN2CC(C(=O)NCC3CCCC(O)C3)CC2=O)cc1. The van der Waals surface area contributed by atoms with E-state index in [-0.39, 0.29) is 23.8 Å². The molecule has 3 rings (SSSR count). The van der Waals surface area contributed by atoms with Crippen LogP contribution in [-0.2, 0) is 16.1 Å². The Morgan fingerprint density at radius 1 is 1.28 bits per heavy atom. The molecule has 0 aromatic heterocycles. The van der Waals surface area contributed by atoms with E-state index in [1.165, 1.54) is 5.56 Å². The maximum atomic E-state index is 12.4. The highest BCUT2D eigenvalue weighted by Crippen LogP contribution is 2.24. The molecule has 1 aromatic carbocycles. The van der Waals surface area contributed by atoms with Gasteiger partial charge in [0.25, 0.3) is 0 Å². The molecular formula is C20H28N2O3. The number of likely N-dealkylation sites (tertiary alicyclic amines) is 1. The summed E-state index contributed by atoms with van der Waals surface area (Å²) in [6, 6.07) is 8.14. The highest BCUT2D eigenvalue weighted by atomic mass is 16.3. The minimum absolute atomic E-state index is 0.0279. The van der Waals surface area contributed by atoms with Crippen LogP contribution in [0.5, 0.6) is 0 Å². The lowest BCUT2D eigenvalue weighted by Gasteiger charge is -2.26. The van der Waals surface area contributed by atoms with E-state index in [4.69, 9.17) is 0 Å². The summed E-state index contributed by atoms with van der Waals surface area (Å²) in [5.74, 6) is 0.119. The average Bonchev–Trinajstić information content (AvgIpc) is 2.96. The molecule has 1 aromatic rings. The summed E-state index contributed by atoms with van der Waals surface area (Å²) in [4.78, 5) is 26.4. The summed E-state index contributed by atoms with van der Waals surface area (Å²) in [6.07, 6.45) is 3.78. The fourth-order valence-electron chi connectivity index (χ4n) is 3.85. The molecule has 2 amide bonds. The number of aliphatic hydroxyl groups is 1. The summed E-state index contributed by atoms with van der Waals surface area (Å²) in [5, 5.41) is 12.7. The lowest BCUT2D eigenvalue weighted by Crippen LogP contribution is -2.37. The minimum atomic E-state index is -0.258. The first kappa shape index (κ1) is 17.9. The molecule has 3 atom stereocenters. The lowest BCUT2D eigenvalue weighted by atomic mass is 9.87. The molecule has 2 fully saturated rings. The van der Waals surface area contributed by atoms with E-state index >= 15 is 0 Å². The zero-order valence-corrected chi connectivity index (χ0v) is 14.9. The van der Waals surface area contributed by atoms with Gasteiger partial charge in [0.2, 0.25) is 11.8 Å². The quantitative estimate of drug-likeness (QED) is 0.858. The minimum Gasteiger partial charge on any atom is -0.393 e. The first-order chi connectivity index (χ1) is 12.0. The number of nitrogens with one attached hydrogen (secondary N) is 1. The van der Waals surface area contributed by atoms with Crippen LogP contribution in [0, 0.1) is 18.8 Å². The van der Waals surface area contributed by atoms with Crippen LogP contribution in [0.2, 0.25) is 0 Å². The van der Waals surface area contributed by atoms with Crippen LogP contribution >= 0.6 is 0 Å². The molecule has 0 spiro atoms. The Bertz CT molecular complexity index is 614. The Kier molecular flexibility index (Phi) is 5.74. The number of benzene rings is 1. The molecule has 2 N–H and O–H groups in total. The smallest absolute Gasteiger partial charge is 0.225 e. The third kappa shape index (κ3) is 4.82. The van der Waals surface area contributed by atoms with Crippen LogP contribution in [0.4, 0.5) is 0 Å². The van der Waals surface area contributed by atoms with E-state index in [1.54, 1.807) is 4.90 Å². The van der Waals surface area contributed by atoms with Crippen molar-refractivity contribution in [2.75, 3.05) is 13.1 Å². The van der Waals surface area contributed by atoms with Gasteiger partial charge in [-0.15, -0.1) is 0 Å². The molecule has 1 saturated carbocycles. The fraction of sp³-hybridized carbons (Fsp3) is 0.600. The zero-order chi connectivity index (χ0) is 17.8. The normalized spacial score (nSPS) is 26.7. The topological polar surface area (TPSA) is 69.6 Å². The number of aryl methyl sites for hydroxylation is 1. The zero-order valence-electron chi connectivity index (χ0n) is 14.9. The summed E-state index contributed by atoms with van der Waals surface area (Å²) < 4.78 is 0. The number of hydrogen-bond acceptors (Lipinski definition) is 3. The van der Waals surface area contributed by atoms with E-state index in [0.717, 1.165) is 31.2 Å². The Balaban J connectivity index is 1.47. The van der Waals surface area contributed by atoms with Crippen LogP contribution < -0.4 is 5.32 Å². The van der Waals surface area contributed by atoms with Crippen LogP contribution in [0.25, 0.3) is 0 Å². The first-order valence-electron chi connectivity index (χ1n) is 9.30. The highest BCUT2D eigenvalue weighted by molar-refractivity contribution is 5.89. The fourth-order valence-corrected chi connectivity index (χ4v) is 3.85. The number of rotatable bonds is 5. The third-order valence-corrected chi connectivity index (χ3v) is 5.40. The van der Waals surface area contributed by atoms with Gasteiger partial charge in [0, 0.05) is 26.1 Å². The highest BCUT2D eigenvalue weighted by Gasteiger charge is 2.34. The van der Waals surface area contributed by atoms with Gasteiger partial charge >= 0.3 is 0 Å². The summed E-state index contributed by atoms with van der Waals surface area (Å²) >= 11 is 0. The van der Waals surface area contributed by atoms with Crippen LogP contribution in [0.15, 0.2) is 24.3 Å². The maximum absolute atomic E-state index is 12.4. The van der Waals surface area contributed by atoms with Crippen LogP contribution in [0.3, 0.4) is 0 Å². The molecular weight excluding hydrogens is 316 g/mol. The first-order valence-corrected chi connectivity index (χ1v) is 9.30. The molecule has 2 aliphatic rings. The predicted octanol–water partition coefficient (Wildman–Crippen LogP) is 2.01. The summed E-state index contributed by atoms with van der Waals surface area (Å²) in [7, 11) is 0. The largest absolute Gasteiger partial charge is 0.393 e. The molecule has 3 unspecified atom stereocenters. The summed E-state index contributed by atoms with van der Waals surface area (Å²) in [5.41, 5.74) is 2.29. The monoisotopic (exact) mass is 344 g/mol. The van der Waals surface area contributed by atoms with Crippen molar-refractivity contribution in [3.8, 4) is 0 Å². The number of amides is 2. The molecule has 5 heteroatoms. The van der Waals surface area contributed by atoms with Crippen LogP contribution in [-0.4, -0.2) is 41.0 Å². The van der Waals surface area contributed by atoms with Crippen molar-refractivity contribution in [1.82, 2.24) is 10.2 Å². The Labute approximate surface area is 149 Å². The van der Waals surface area contributed by atoms with Crippen LogP contribution in [0.1, 0.15) is 43.2 Å². The van der Waals surface area contributed by atoms with Gasteiger partial charge in [0.05, 0.1) is 12.0 Å². The molecule has 0 bridgehead atoms. The van der Waals surface area contributed by atoms with Crippen molar-refractivity contribution < 1.29 is 14.7 Å². The Morgan fingerprint density at radius 3 is 2.76 bits per heavy atom. The third-order valence-electron chi connectivity index (χ3n) is 5.40. The second kappa shape index (κ2) is 8.00. The van der Waals surface area contributed by atoms with E-state index in [1.807, 2.05) is 31.2 Å². The Hall–Kier alpha value is -1.88. The maximum Gasteiger partial charge on any atom is 0.225 e. The molecule has 0 radical (unpaired) electrons. The molecule has 5 nitrogen and oxygen atoms in total. The van der Waals surface area contributed by atoms with E-state index in [9.17, 15) is 14.7 Å². The van der Waals surface area contributed by atoms with Gasteiger partial charge < -0.3 is 15.3 Å². The van der Waals surface area contributed by atoms with Crippen molar-refractivity contribution in [2.45, 2.75) is 51.7 Å². The second-order valence-corrected chi connectivity index (χ2v) is 7.59. The molecule has 1 saturated heterocycles. The van der Waals surface area contributed by atoms with Gasteiger partial charge in [0.15, 0.2) is 0 Å². The predicted molar refractivity (Wildman–Crippen MR) is 95.7 cm³/mol. The molecule has 136 valence electrons. The molecule has 1 aliphatic carbocycles. The van der Waals surface area contributed by atoms with Gasteiger partial charge in [-0.05, 0) is 37.7 Å². The molecule has 1 heterocycles. The van der Waals surface area contributed by atoms with Crippen molar-refractivity contribution in [3.05, 3.63) is 35.4 Å². The van der Waals surface area contributed by atoms with E-state index in [2.05, 4.69) is 5.32 Å². The number of hydrogen-bond donors (Lipinski definition) is 2. The number of carbonyl (C=O) groups is 2. The second-order valence-electron chi connectivity index (χ2n) is 7.59. The van der Waals surface area contributed by atoms with E-state index in [0.29, 0.717) is 32.0 Å². The number of carbonyl (C=O) groups excluding carboxylic acids is 2. The lowest BCUT2D eigenvalue weighted by molar-refractivity contribution is -0.129. The molecule has 25 heavy (non-hydrogen) atoms. The van der Waals surface area contributed by atoms with Crippen molar-refractivity contribution in [2.24, 2.45) is 11.8 Å². The van der Waals surface area contributed by atoms with Gasteiger partial charge in [-0.1, -0.05) is 36.2 Å². The van der Waals surface area contributed by atoms with E-state index < -0.39 is 0 Å². The van der Waals surface area contributed by atoms with Gasteiger partial charge in [-0.2, -0.15) is 0 Å².